The minimum absolute atomic E-state index is 0.0220. The number of nitrogens with two attached hydrogens (primary N) is 1. The Balaban J connectivity index is 3.95. The van der Waals surface area contributed by atoms with Crippen LogP contribution in [0.5, 0.6) is 0 Å². The van der Waals surface area contributed by atoms with Gasteiger partial charge in [0.05, 0.1) is 19.8 Å². The van der Waals surface area contributed by atoms with Gasteiger partial charge in [-0.3, -0.25) is 0 Å². The predicted octanol–water partition coefficient (Wildman–Crippen LogP) is -1.29. The van der Waals surface area contributed by atoms with Gasteiger partial charge in [-0.25, -0.2) is 4.79 Å². The summed E-state index contributed by atoms with van der Waals surface area (Å²) in [7, 11) is 1.69. The van der Waals surface area contributed by atoms with Crippen molar-refractivity contribution in [3.63, 3.8) is 0 Å². The Labute approximate surface area is 94.4 Å². The van der Waals surface area contributed by atoms with Crippen LogP contribution in [0.1, 0.15) is 0 Å². The largest absolute Gasteiger partial charge is 0.462 e. The summed E-state index contributed by atoms with van der Waals surface area (Å²) in [6.45, 7) is -0.476. The second-order valence-electron chi connectivity index (χ2n) is 3.13. The lowest BCUT2D eigenvalue weighted by molar-refractivity contribution is -0.139. The molecule has 0 aromatic carbocycles. The summed E-state index contributed by atoms with van der Waals surface area (Å²) in [6, 6.07) is 0. The maximum atomic E-state index is 11.1. The van der Waals surface area contributed by atoms with Gasteiger partial charge in [-0.05, 0) is 6.08 Å². The minimum Gasteiger partial charge on any atom is -0.462 e. The molecule has 0 aliphatic rings. The highest BCUT2D eigenvalue weighted by molar-refractivity contribution is 5.82. The van der Waals surface area contributed by atoms with Gasteiger partial charge >= 0.3 is 5.97 Å². The molecule has 0 heterocycles. The van der Waals surface area contributed by atoms with Gasteiger partial charge < -0.3 is 26.0 Å². The highest BCUT2D eigenvalue weighted by Crippen LogP contribution is 1.96. The van der Waals surface area contributed by atoms with Crippen molar-refractivity contribution < 1.29 is 19.7 Å². The Morgan fingerprint density at radius 3 is 2.56 bits per heavy atom. The highest BCUT2D eigenvalue weighted by Gasteiger charge is 2.07. The fourth-order valence-corrected chi connectivity index (χ4v) is 0.790. The molecule has 0 unspecified atom stereocenters. The summed E-state index contributed by atoms with van der Waals surface area (Å²) >= 11 is 0. The molecular weight excluding hydrogens is 212 g/mol. The first kappa shape index (κ1) is 14.5. The minimum atomic E-state index is -0.570. The zero-order chi connectivity index (χ0) is 12.4. The smallest absolute Gasteiger partial charge is 0.330 e. The van der Waals surface area contributed by atoms with E-state index in [1.807, 2.05) is 0 Å². The number of carbonyl (C=O) groups is 1. The molecule has 0 aromatic rings. The third-order valence-electron chi connectivity index (χ3n) is 1.70. The van der Waals surface area contributed by atoms with E-state index in [0.717, 1.165) is 0 Å². The molecule has 6 nitrogen and oxygen atoms in total. The third-order valence-corrected chi connectivity index (χ3v) is 1.70. The van der Waals surface area contributed by atoms with Crippen LogP contribution >= 0.6 is 0 Å². The summed E-state index contributed by atoms with van der Waals surface area (Å²) in [5, 5.41) is 20.1. The number of ether oxygens (including phenoxy) is 1. The molecule has 0 spiro atoms. The second kappa shape index (κ2) is 8.75. The molecule has 0 rings (SSSR count). The molecule has 92 valence electrons. The number of carbonyl (C=O) groups excluding carboxylic acids is 1. The summed E-state index contributed by atoms with van der Waals surface area (Å²) in [5.74, 6) is -1.01. The Hall–Kier alpha value is -1.53. The Bertz CT molecular complexity index is 260. The van der Waals surface area contributed by atoms with Crippen LogP contribution in [0.15, 0.2) is 24.0 Å². The zero-order valence-corrected chi connectivity index (χ0v) is 9.22. The van der Waals surface area contributed by atoms with E-state index in [2.05, 4.69) is 5.32 Å². The van der Waals surface area contributed by atoms with Gasteiger partial charge in [0.1, 0.15) is 0 Å². The van der Waals surface area contributed by atoms with Crippen LogP contribution in [-0.4, -0.2) is 43.1 Å². The summed E-state index contributed by atoms with van der Waals surface area (Å²) < 4.78 is 4.77. The molecule has 16 heavy (non-hydrogen) atoms. The molecule has 0 saturated heterocycles. The fraction of sp³-hybridized carbons (Fsp3) is 0.500. The number of allylic oxidation sites excluding steroid dienone is 1. The maximum absolute atomic E-state index is 11.1. The number of nitrogens with one attached hydrogen (secondary N) is 1. The standard InChI is InChI=1S/C10H18N2O4/c1-12-4-9(11)2-3-10(15)16-7-8(5-13)6-14/h2-4,8,12-14H,5-7,11H2,1H3/b3-2+,9-4-. The molecule has 0 aliphatic heterocycles. The quantitative estimate of drug-likeness (QED) is 0.246. The molecule has 0 aliphatic carbocycles. The van der Waals surface area contributed by atoms with Crippen LogP contribution in [0.2, 0.25) is 0 Å². The van der Waals surface area contributed by atoms with Crippen molar-refractivity contribution in [3.05, 3.63) is 24.0 Å². The van der Waals surface area contributed by atoms with Crippen molar-refractivity contribution in [1.29, 1.82) is 0 Å². The van der Waals surface area contributed by atoms with Crippen molar-refractivity contribution in [3.8, 4) is 0 Å². The van der Waals surface area contributed by atoms with Crippen LogP contribution in [0.4, 0.5) is 0 Å². The van der Waals surface area contributed by atoms with E-state index in [0.29, 0.717) is 5.70 Å². The summed E-state index contributed by atoms with van der Waals surface area (Å²) in [6.07, 6.45) is 4.09. The molecule has 0 aromatic heterocycles. The zero-order valence-electron chi connectivity index (χ0n) is 9.22. The van der Waals surface area contributed by atoms with Crippen LogP contribution in [-0.2, 0) is 9.53 Å². The normalized spacial score (nSPS) is 12.1. The van der Waals surface area contributed by atoms with Crippen molar-refractivity contribution in [1.82, 2.24) is 5.32 Å². The lowest BCUT2D eigenvalue weighted by Crippen LogP contribution is -2.19. The predicted molar refractivity (Wildman–Crippen MR) is 59.1 cm³/mol. The van der Waals surface area contributed by atoms with Gasteiger partial charge in [0.15, 0.2) is 0 Å². The number of hydrogen-bond donors (Lipinski definition) is 4. The first-order valence-corrected chi connectivity index (χ1v) is 4.83. The lowest BCUT2D eigenvalue weighted by Gasteiger charge is -2.09. The van der Waals surface area contributed by atoms with Gasteiger partial charge in [-0.2, -0.15) is 0 Å². The topological polar surface area (TPSA) is 105 Å². The number of hydrogen-bond acceptors (Lipinski definition) is 6. The SMILES string of the molecule is CN/C=C(N)/C=C/C(=O)OCC(CO)CO. The van der Waals surface area contributed by atoms with Gasteiger partial charge in [-0.1, -0.05) is 0 Å². The summed E-state index contributed by atoms with van der Waals surface area (Å²) in [4.78, 5) is 11.1. The Morgan fingerprint density at radius 2 is 2.06 bits per heavy atom. The molecule has 5 N–H and O–H groups in total. The van der Waals surface area contributed by atoms with Crippen molar-refractivity contribution in [2.45, 2.75) is 0 Å². The van der Waals surface area contributed by atoms with Crippen molar-refractivity contribution >= 4 is 5.97 Å². The first-order valence-electron chi connectivity index (χ1n) is 4.83. The van der Waals surface area contributed by atoms with E-state index in [9.17, 15) is 4.79 Å². The average Bonchev–Trinajstić information content (AvgIpc) is 2.28. The number of aliphatic hydroxyl groups is 2. The molecular formula is C10H18N2O4. The van der Waals surface area contributed by atoms with Gasteiger partial charge in [-0.15, -0.1) is 0 Å². The highest BCUT2D eigenvalue weighted by atomic mass is 16.5. The molecule has 0 bridgehead atoms. The third kappa shape index (κ3) is 6.86. The van der Waals surface area contributed by atoms with Crippen molar-refractivity contribution in [2.24, 2.45) is 11.7 Å². The lowest BCUT2D eigenvalue weighted by atomic mass is 10.2. The van der Waals surface area contributed by atoms with Crippen molar-refractivity contribution in [2.75, 3.05) is 26.9 Å². The molecule has 6 heteroatoms. The Kier molecular flexibility index (Phi) is 7.92. The van der Waals surface area contributed by atoms with Crippen LogP contribution in [0.25, 0.3) is 0 Å². The maximum Gasteiger partial charge on any atom is 0.330 e. The fourth-order valence-electron chi connectivity index (χ4n) is 0.790. The number of esters is 1. The van der Waals surface area contributed by atoms with E-state index < -0.39 is 11.9 Å². The van der Waals surface area contributed by atoms with E-state index in [-0.39, 0.29) is 19.8 Å². The number of aliphatic hydroxyl groups excluding tert-OH is 2. The Morgan fingerprint density at radius 1 is 1.44 bits per heavy atom. The molecule has 0 amide bonds. The van der Waals surface area contributed by atoms with Gasteiger partial charge in [0, 0.05) is 30.9 Å². The summed E-state index contributed by atoms with van der Waals surface area (Å²) in [5.41, 5.74) is 5.85. The average molecular weight is 230 g/mol. The number of rotatable bonds is 7. The molecule has 0 fully saturated rings. The molecule has 0 radical (unpaired) electrons. The van der Waals surface area contributed by atoms with Crippen LogP contribution in [0.3, 0.4) is 0 Å². The first-order chi connectivity index (χ1) is 7.63. The van der Waals surface area contributed by atoms with Crippen LogP contribution < -0.4 is 11.1 Å². The van der Waals surface area contributed by atoms with E-state index in [1.54, 1.807) is 7.05 Å². The molecule has 0 atom stereocenters. The van der Waals surface area contributed by atoms with E-state index in [1.165, 1.54) is 18.4 Å². The van der Waals surface area contributed by atoms with E-state index in [4.69, 9.17) is 20.7 Å². The van der Waals surface area contributed by atoms with Crippen LogP contribution in [0, 0.1) is 5.92 Å². The monoisotopic (exact) mass is 230 g/mol. The second-order valence-corrected chi connectivity index (χ2v) is 3.13. The van der Waals surface area contributed by atoms with Gasteiger partial charge in [0.25, 0.3) is 0 Å². The molecule has 0 saturated carbocycles. The van der Waals surface area contributed by atoms with Gasteiger partial charge in [0.2, 0.25) is 0 Å². The van der Waals surface area contributed by atoms with E-state index >= 15 is 0 Å².